The van der Waals surface area contributed by atoms with Crippen molar-refractivity contribution in [1.29, 1.82) is 0 Å². The molecule has 4 heteroatoms. The molecule has 0 aromatic heterocycles. The van der Waals surface area contributed by atoms with Gasteiger partial charge in [-0.15, -0.1) is 0 Å². The molecule has 192 valence electrons. The first-order valence-electron chi connectivity index (χ1n) is 13.6. The van der Waals surface area contributed by atoms with E-state index in [2.05, 4.69) is 84.6 Å². The van der Waals surface area contributed by atoms with Gasteiger partial charge in [-0.3, -0.25) is 9.69 Å². The Bertz CT molecular complexity index is 1440. The van der Waals surface area contributed by atoms with Crippen LogP contribution in [0.15, 0.2) is 97.1 Å². The lowest BCUT2D eigenvalue weighted by atomic mass is 9.86. The van der Waals surface area contributed by atoms with E-state index in [0.717, 1.165) is 25.8 Å². The normalized spacial score (nSPS) is 17.2. The van der Waals surface area contributed by atoms with E-state index in [9.17, 15) is 9.18 Å². The number of nitrogens with zero attached hydrogens (tertiary/aromatic N) is 2. The lowest BCUT2D eigenvalue weighted by molar-refractivity contribution is -0.136. The molecule has 4 aromatic rings. The average molecular weight is 505 g/mol. The van der Waals surface area contributed by atoms with Crippen LogP contribution in [-0.2, 0) is 30.6 Å². The van der Waals surface area contributed by atoms with Crippen LogP contribution in [0.3, 0.4) is 0 Å². The Balaban J connectivity index is 1.32. The van der Waals surface area contributed by atoms with Crippen LogP contribution in [0, 0.1) is 12.7 Å². The van der Waals surface area contributed by atoms with Gasteiger partial charge < -0.3 is 4.90 Å². The van der Waals surface area contributed by atoms with Crippen LogP contribution in [0.4, 0.5) is 4.39 Å². The molecule has 3 nitrogen and oxygen atoms in total. The summed E-state index contributed by atoms with van der Waals surface area (Å²) in [6, 6.07) is 32.4. The van der Waals surface area contributed by atoms with E-state index < -0.39 is 0 Å². The van der Waals surface area contributed by atoms with E-state index in [-0.39, 0.29) is 30.4 Å². The minimum absolute atomic E-state index is 0.0150. The van der Waals surface area contributed by atoms with Crippen molar-refractivity contribution in [3.8, 4) is 0 Å². The van der Waals surface area contributed by atoms with Crippen LogP contribution in [0.5, 0.6) is 0 Å². The zero-order valence-electron chi connectivity index (χ0n) is 21.8. The van der Waals surface area contributed by atoms with Crippen molar-refractivity contribution in [3.63, 3.8) is 0 Å². The van der Waals surface area contributed by atoms with Crippen molar-refractivity contribution in [1.82, 2.24) is 9.80 Å². The summed E-state index contributed by atoms with van der Waals surface area (Å²) in [7, 11) is 0. The molecule has 0 saturated heterocycles. The molecule has 0 bridgehead atoms. The van der Waals surface area contributed by atoms with Crippen molar-refractivity contribution >= 4 is 5.91 Å². The second kappa shape index (κ2) is 10.5. The summed E-state index contributed by atoms with van der Waals surface area (Å²) in [5.41, 5.74) is 8.22. The summed E-state index contributed by atoms with van der Waals surface area (Å²) in [4.78, 5) is 18.5. The van der Waals surface area contributed by atoms with E-state index in [1.165, 1.54) is 39.4 Å². The lowest BCUT2D eigenvalue weighted by Crippen LogP contribution is -2.48. The van der Waals surface area contributed by atoms with E-state index in [1.54, 1.807) is 12.1 Å². The predicted octanol–water partition coefficient (Wildman–Crippen LogP) is 6.28. The first-order valence-corrected chi connectivity index (χ1v) is 13.6. The maximum absolute atomic E-state index is 14.8. The number of halogens is 1. The Hall–Kier alpha value is -3.76. The zero-order chi connectivity index (χ0) is 26.1. The van der Waals surface area contributed by atoms with Gasteiger partial charge in [-0.05, 0) is 65.6 Å². The second-order valence-electron chi connectivity index (χ2n) is 10.6. The van der Waals surface area contributed by atoms with Crippen molar-refractivity contribution in [2.75, 3.05) is 13.1 Å². The fourth-order valence-corrected chi connectivity index (χ4v) is 6.30. The monoisotopic (exact) mass is 504 g/mol. The van der Waals surface area contributed by atoms with Crippen LogP contribution in [0.25, 0.3) is 0 Å². The molecule has 4 aromatic carbocycles. The number of carbonyl (C=O) groups excluding carboxylic acids is 1. The molecule has 0 saturated carbocycles. The quantitative estimate of drug-likeness (QED) is 0.309. The SMILES string of the molecule is Cc1ccccc1[C@H]1c2ccccc2CCN1CC(=O)N(Cc1ccccc1F)C1Cc2ccccc2C1. The predicted molar refractivity (Wildman–Crippen MR) is 149 cm³/mol. The average Bonchev–Trinajstić information content (AvgIpc) is 3.37. The Morgan fingerprint density at radius 2 is 1.42 bits per heavy atom. The molecule has 1 aliphatic heterocycles. The van der Waals surface area contributed by atoms with Gasteiger partial charge in [0, 0.05) is 24.7 Å². The number of hydrogen-bond acceptors (Lipinski definition) is 2. The number of hydrogen-bond donors (Lipinski definition) is 0. The lowest BCUT2D eigenvalue weighted by Gasteiger charge is -2.39. The Morgan fingerprint density at radius 3 is 2.13 bits per heavy atom. The van der Waals surface area contributed by atoms with E-state index >= 15 is 0 Å². The molecule has 6 rings (SSSR count). The molecular formula is C34H33FN2O. The largest absolute Gasteiger partial charge is 0.333 e. The van der Waals surface area contributed by atoms with Gasteiger partial charge in [0.2, 0.25) is 5.91 Å². The third-order valence-corrected chi connectivity index (χ3v) is 8.29. The molecule has 0 unspecified atom stereocenters. The molecule has 0 N–H and O–H groups in total. The highest BCUT2D eigenvalue weighted by atomic mass is 19.1. The summed E-state index contributed by atoms with van der Waals surface area (Å²) in [5.74, 6) is -0.200. The first kappa shape index (κ1) is 24.6. The highest BCUT2D eigenvalue weighted by molar-refractivity contribution is 5.79. The number of benzene rings is 4. The molecule has 0 fully saturated rings. The van der Waals surface area contributed by atoms with Crippen molar-refractivity contribution < 1.29 is 9.18 Å². The van der Waals surface area contributed by atoms with Crippen molar-refractivity contribution in [3.05, 3.63) is 142 Å². The molecule has 1 aliphatic carbocycles. The van der Waals surface area contributed by atoms with Gasteiger partial charge in [0.1, 0.15) is 5.82 Å². The zero-order valence-corrected chi connectivity index (χ0v) is 21.8. The third-order valence-electron chi connectivity index (χ3n) is 8.29. The summed E-state index contributed by atoms with van der Waals surface area (Å²) in [6.45, 7) is 3.53. The van der Waals surface area contributed by atoms with Gasteiger partial charge in [-0.25, -0.2) is 4.39 Å². The van der Waals surface area contributed by atoms with Crippen LogP contribution in [0.1, 0.15) is 45.0 Å². The van der Waals surface area contributed by atoms with Crippen LogP contribution in [0.2, 0.25) is 0 Å². The minimum atomic E-state index is -0.259. The maximum Gasteiger partial charge on any atom is 0.237 e. The van der Waals surface area contributed by atoms with Crippen molar-refractivity contribution in [2.45, 2.75) is 44.8 Å². The molecule has 38 heavy (non-hydrogen) atoms. The van der Waals surface area contributed by atoms with E-state index in [4.69, 9.17) is 0 Å². The smallest absolute Gasteiger partial charge is 0.237 e. The topological polar surface area (TPSA) is 23.6 Å². The van der Waals surface area contributed by atoms with Crippen LogP contribution < -0.4 is 0 Å². The Morgan fingerprint density at radius 1 is 0.816 bits per heavy atom. The molecule has 0 spiro atoms. The van der Waals surface area contributed by atoms with Gasteiger partial charge in [0.05, 0.1) is 12.6 Å². The minimum Gasteiger partial charge on any atom is -0.333 e. The molecule has 0 radical (unpaired) electrons. The van der Waals surface area contributed by atoms with E-state index in [1.807, 2.05) is 11.0 Å². The maximum atomic E-state index is 14.8. The molecule has 1 amide bonds. The first-order chi connectivity index (χ1) is 18.6. The van der Waals surface area contributed by atoms with E-state index in [0.29, 0.717) is 12.1 Å². The number of carbonyl (C=O) groups is 1. The second-order valence-corrected chi connectivity index (χ2v) is 10.6. The molecule has 2 aliphatic rings. The van der Waals surface area contributed by atoms with Gasteiger partial charge in [-0.2, -0.15) is 0 Å². The van der Waals surface area contributed by atoms with Gasteiger partial charge in [-0.1, -0.05) is 91.0 Å². The Kier molecular flexibility index (Phi) is 6.82. The molecule has 1 atom stereocenters. The molecule has 1 heterocycles. The number of rotatable bonds is 6. The van der Waals surface area contributed by atoms with Crippen LogP contribution in [-0.4, -0.2) is 34.8 Å². The molecular weight excluding hydrogens is 471 g/mol. The highest BCUT2D eigenvalue weighted by Gasteiger charge is 2.35. The van der Waals surface area contributed by atoms with Gasteiger partial charge >= 0.3 is 0 Å². The highest BCUT2D eigenvalue weighted by Crippen LogP contribution is 2.37. The third kappa shape index (κ3) is 4.77. The number of amides is 1. The summed E-state index contributed by atoms with van der Waals surface area (Å²) in [6.07, 6.45) is 2.52. The summed E-state index contributed by atoms with van der Waals surface area (Å²) < 4.78 is 14.8. The fraction of sp³-hybridized carbons (Fsp3) is 0.265. The summed E-state index contributed by atoms with van der Waals surface area (Å²) in [5, 5.41) is 0. The standard InChI is InChI=1S/C34H33FN2O/c1-24-10-2-7-15-30(24)34-31-16-8-5-11-25(31)18-19-36(34)23-33(38)37(22-28-14-6-9-17-32(28)35)29-20-26-12-3-4-13-27(26)21-29/h2-17,29,34H,18-23H2,1H3/t34-/m0/s1. The van der Waals surface area contributed by atoms with Crippen molar-refractivity contribution in [2.24, 2.45) is 0 Å². The number of fused-ring (bicyclic) bond motifs is 2. The van der Waals surface area contributed by atoms with Gasteiger partial charge in [0.15, 0.2) is 0 Å². The summed E-state index contributed by atoms with van der Waals surface area (Å²) >= 11 is 0. The van der Waals surface area contributed by atoms with Crippen LogP contribution >= 0.6 is 0 Å². The van der Waals surface area contributed by atoms with Gasteiger partial charge in [0.25, 0.3) is 0 Å². The Labute approximate surface area is 224 Å². The number of aryl methyl sites for hydroxylation is 1. The fourth-order valence-electron chi connectivity index (χ4n) is 6.30.